The first kappa shape index (κ1) is 11.5. The minimum atomic E-state index is 0.352. The van der Waals surface area contributed by atoms with E-state index in [1.807, 2.05) is 13.0 Å². The van der Waals surface area contributed by atoms with Gasteiger partial charge in [0, 0.05) is 5.56 Å². The molecule has 0 aromatic carbocycles. The maximum atomic E-state index is 9.19. The number of allylic oxidation sites excluding steroid dienone is 1. The Kier molecular flexibility index (Phi) is 3.29. The standard InChI is InChI=1S/C13H14N2O2/c1-3-17-13-10-7-5-4-6-9(10)11(8-14)12(15-13)16-2/h5,7H,3-4,6H2,1-2H3. The summed E-state index contributed by atoms with van der Waals surface area (Å²) in [5.74, 6) is 0.902. The van der Waals surface area contributed by atoms with Gasteiger partial charge >= 0.3 is 0 Å². The maximum absolute atomic E-state index is 9.19. The van der Waals surface area contributed by atoms with Gasteiger partial charge in [0.15, 0.2) is 0 Å². The van der Waals surface area contributed by atoms with Crippen LogP contribution in [0.3, 0.4) is 0 Å². The zero-order valence-corrected chi connectivity index (χ0v) is 9.99. The normalized spacial score (nSPS) is 12.8. The van der Waals surface area contributed by atoms with Gasteiger partial charge in [-0.2, -0.15) is 10.2 Å². The Morgan fingerprint density at radius 3 is 2.94 bits per heavy atom. The smallest absolute Gasteiger partial charge is 0.235 e. The largest absolute Gasteiger partial charge is 0.480 e. The van der Waals surface area contributed by atoms with Crippen molar-refractivity contribution in [3.8, 4) is 17.8 Å². The van der Waals surface area contributed by atoms with E-state index in [-0.39, 0.29) is 0 Å². The fourth-order valence-electron chi connectivity index (χ4n) is 1.97. The van der Waals surface area contributed by atoms with Crippen LogP contribution in [-0.2, 0) is 6.42 Å². The Bertz CT molecular complexity index is 501. The van der Waals surface area contributed by atoms with Crippen molar-refractivity contribution < 1.29 is 9.47 Å². The van der Waals surface area contributed by atoms with Crippen LogP contribution in [0, 0.1) is 11.3 Å². The van der Waals surface area contributed by atoms with Crippen molar-refractivity contribution in [1.82, 2.24) is 4.98 Å². The van der Waals surface area contributed by atoms with Crippen LogP contribution in [0.1, 0.15) is 30.0 Å². The first-order chi connectivity index (χ1) is 8.31. The number of aromatic nitrogens is 1. The number of hydrogen-bond acceptors (Lipinski definition) is 4. The lowest BCUT2D eigenvalue weighted by molar-refractivity contribution is 0.314. The zero-order valence-electron chi connectivity index (χ0n) is 9.99. The Morgan fingerprint density at radius 2 is 2.29 bits per heavy atom. The minimum absolute atomic E-state index is 0.352. The molecule has 0 saturated heterocycles. The van der Waals surface area contributed by atoms with Crippen molar-refractivity contribution >= 4 is 6.08 Å². The van der Waals surface area contributed by atoms with Gasteiger partial charge in [-0.05, 0) is 25.3 Å². The quantitative estimate of drug-likeness (QED) is 0.799. The summed E-state index contributed by atoms with van der Waals surface area (Å²) in [5, 5.41) is 9.19. The molecule has 1 heterocycles. The summed E-state index contributed by atoms with van der Waals surface area (Å²) in [7, 11) is 1.52. The first-order valence-electron chi connectivity index (χ1n) is 5.62. The number of nitrogens with zero attached hydrogens (tertiary/aromatic N) is 2. The molecule has 0 fully saturated rings. The molecule has 0 atom stereocenters. The summed E-state index contributed by atoms with van der Waals surface area (Å²) in [4.78, 5) is 4.25. The molecule has 1 aromatic rings. The predicted molar refractivity (Wildman–Crippen MR) is 64.0 cm³/mol. The molecule has 1 aliphatic rings. The van der Waals surface area contributed by atoms with Gasteiger partial charge < -0.3 is 9.47 Å². The summed E-state index contributed by atoms with van der Waals surface area (Å²) in [5.41, 5.74) is 2.41. The molecule has 0 unspecified atom stereocenters. The number of nitriles is 1. The zero-order chi connectivity index (χ0) is 12.3. The van der Waals surface area contributed by atoms with Crippen molar-refractivity contribution in [2.75, 3.05) is 13.7 Å². The minimum Gasteiger partial charge on any atom is -0.480 e. The number of hydrogen-bond donors (Lipinski definition) is 0. The molecule has 0 N–H and O–H groups in total. The topological polar surface area (TPSA) is 55.1 Å². The van der Waals surface area contributed by atoms with Gasteiger partial charge in [-0.25, -0.2) is 0 Å². The number of fused-ring (bicyclic) bond motifs is 1. The van der Waals surface area contributed by atoms with E-state index in [4.69, 9.17) is 9.47 Å². The average molecular weight is 230 g/mol. The fraction of sp³-hybridized carbons (Fsp3) is 0.385. The molecule has 0 saturated carbocycles. The Hall–Kier alpha value is -2.02. The molecule has 1 aliphatic carbocycles. The van der Waals surface area contributed by atoms with Gasteiger partial charge in [0.2, 0.25) is 11.8 Å². The van der Waals surface area contributed by atoms with Crippen LogP contribution < -0.4 is 9.47 Å². The molecule has 88 valence electrons. The molecule has 0 spiro atoms. The maximum Gasteiger partial charge on any atom is 0.235 e. The van der Waals surface area contributed by atoms with Crippen molar-refractivity contribution in [1.29, 1.82) is 5.26 Å². The van der Waals surface area contributed by atoms with Crippen molar-refractivity contribution in [3.05, 3.63) is 22.8 Å². The van der Waals surface area contributed by atoms with E-state index >= 15 is 0 Å². The van der Waals surface area contributed by atoms with Crippen LogP contribution in [0.5, 0.6) is 11.8 Å². The Balaban J connectivity index is 2.65. The van der Waals surface area contributed by atoms with E-state index < -0.39 is 0 Å². The third-order valence-corrected chi connectivity index (χ3v) is 2.71. The third-order valence-electron chi connectivity index (χ3n) is 2.71. The second-order valence-corrected chi connectivity index (χ2v) is 3.68. The number of ether oxygens (including phenoxy) is 2. The lowest BCUT2D eigenvalue weighted by Crippen LogP contribution is -2.07. The van der Waals surface area contributed by atoms with Crippen LogP contribution in [-0.4, -0.2) is 18.7 Å². The fourth-order valence-corrected chi connectivity index (χ4v) is 1.97. The third kappa shape index (κ3) is 1.96. The van der Waals surface area contributed by atoms with Gasteiger partial charge in [-0.15, -0.1) is 0 Å². The monoisotopic (exact) mass is 230 g/mol. The van der Waals surface area contributed by atoms with Gasteiger partial charge in [-0.1, -0.05) is 12.2 Å². The summed E-state index contributed by atoms with van der Waals surface area (Å²) < 4.78 is 10.6. The van der Waals surface area contributed by atoms with E-state index in [0.717, 1.165) is 24.0 Å². The van der Waals surface area contributed by atoms with Crippen LogP contribution in [0.2, 0.25) is 0 Å². The molecule has 17 heavy (non-hydrogen) atoms. The molecule has 4 nitrogen and oxygen atoms in total. The summed E-state index contributed by atoms with van der Waals surface area (Å²) >= 11 is 0. The number of methoxy groups -OCH3 is 1. The molecular weight excluding hydrogens is 216 g/mol. The molecule has 4 heteroatoms. The highest BCUT2D eigenvalue weighted by molar-refractivity contribution is 5.67. The summed E-state index contributed by atoms with van der Waals surface area (Å²) in [6.07, 6.45) is 5.80. The molecule has 0 amide bonds. The molecule has 0 aliphatic heterocycles. The second-order valence-electron chi connectivity index (χ2n) is 3.68. The highest BCUT2D eigenvalue weighted by Crippen LogP contribution is 2.34. The van der Waals surface area contributed by atoms with Crippen LogP contribution in [0.4, 0.5) is 0 Å². The lowest BCUT2D eigenvalue weighted by atomic mass is 9.94. The molecule has 1 aromatic heterocycles. The average Bonchev–Trinajstić information content (AvgIpc) is 2.38. The predicted octanol–water partition coefficient (Wildman–Crippen LogP) is 2.32. The Labute approximate surface area is 100 Å². The van der Waals surface area contributed by atoms with Crippen molar-refractivity contribution in [2.24, 2.45) is 0 Å². The van der Waals surface area contributed by atoms with Crippen LogP contribution >= 0.6 is 0 Å². The summed E-state index contributed by atoms with van der Waals surface area (Å²) in [6, 6.07) is 2.17. The molecule has 0 bridgehead atoms. The molecular formula is C13H14N2O2. The summed E-state index contributed by atoms with van der Waals surface area (Å²) in [6.45, 7) is 2.45. The van der Waals surface area contributed by atoms with E-state index in [1.165, 1.54) is 7.11 Å². The van der Waals surface area contributed by atoms with Gasteiger partial charge in [0.05, 0.1) is 13.7 Å². The van der Waals surface area contributed by atoms with E-state index in [0.29, 0.717) is 23.9 Å². The van der Waals surface area contributed by atoms with Crippen molar-refractivity contribution in [2.45, 2.75) is 19.8 Å². The number of pyridine rings is 1. The molecule has 0 radical (unpaired) electrons. The van der Waals surface area contributed by atoms with Crippen molar-refractivity contribution in [3.63, 3.8) is 0 Å². The van der Waals surface area contributed by atoms with Crippen LogP contribution in [0.15, 0.2) is 6.08 Å². The number of rotatable bonds is 3. The highest BCUT2D eigenvalue weighted by atomic mass is 16.5. The van der Waals surface area contributed by atoms with E-state index in [1.54, 1.807) is 0 Å². The Morgan fingerprint density at radius 1 is 1.47 bits per heavy atom. The van der Waals surface area contributed by atoms with E-state index in [9.17, 15) is 5.26 Å². The highest BCUT2D eigenvalue weighted by Gasteiger charge is 2.20. The first-order valence-corrected chi connectivity index (χ1v) is 5.62. The molecule has 2 rings (SSSR count). The SMILES string of the molecule is CCOc1nc(OC)c(C#N)c2c1C=CCC2. The van der Waals surface area contributed by atoms with Crippen LogP contribution in [0.25, 0.3) is 6.08 Å². The lowest BCUT2D eigenvalue weighted by Gasteiger charge is -2.17. The van der Waals surface area contributed by atoms with E-state index in [2.05, 4.69) is 17.1 Å². The second kappa shape index (κ2) is 4.88. The van der Waals surface area contributed by atoms with Gasteiger partial charge in [-0.3, -0.25) is 0 Å². The van der Waals surface area contributed by atoms with Gasteiger partial charge in [0.1, 0.15) is 11.6 Å². The van der Waals surface area contributed by atoms with Gasteiger partial charge in [0.25, 0.3) is 0 Å².